The van der Waals surface area contributed by atoms with Crippen molar-refractivity contribution in [3.05, 3.63) is 152 Å². The van der Waals surface area contributed by atoms with Crippen LogP contribution in [0.2, 0.25) is 0 Å². The Morgan fingerprint density at radius 2 is 1.10 bits per heavy atom. The standard InChI is InChI=1S/C44H25N3S/c1-2-13-27(14-3-1)41-40-32-19-8-6-16-29(32)30-17-7-9-20-33(30)42(40)46-44(45-41)47-37-24-36-31-18-10-11-21-38(31)48-39(36)25-35(37)34-23-22-26-12-4-5-15-28(26)43(34)47/h1-25H. The Morgan fingerprint density at radius 3 is 1.94 bits per heavy atom. The summed E-state index contributed by atoms with van der Waals surface area (Å²) in [5.41, 5.74) is 5.22. The first-order valence-corrected chi connectivity index (χ1v) is 17.1. The SMILES string of the molecule is c1ccc(-c2nc(-n3c4cc5c(cc4c4ccc6ccccc6c43)sc3ccccc35)nc3c4ccccc4c4ccccc4c23)cc1. The van der Waals surface area contributed by atoms with Gasteiger partial charge in [-0.1, -0.05) is 133 Å². The highest BCUT2D eigenvalue weighted by Gasteiger charge is 2.22. The van der Waals surface area contributed by atoms with Crippen LogP contribution in [-0.4, -0.2) is 14.5 Å². The van der Waals surface area contributed by atoms with Crippen molar-refractivity contribution < 1.29 is 0 Å². The number of nitrogens with zero attached hydrogens (tertiary/aromatic N) is 3. The van der Waals surface area contributed by atoms with E-state index in [1.165, 1.54) is 52.5 Å². The highest BCUT2D eigenvalue weighted by atomic mass is 32.1. The largest absolute Gasteiger partial charge is 0.277 e. The molecule has 0 radical (unpaired) electrons. The molecule has 3 aromatic heterocycles. The minimum absolute atomic E-state index is 0.678. The van der Waals surface area contributed by atoms with E-state index < -0.39 is 0 Å². The summed E-state index contributed by atoms with van der Waals surface area (Å²) < 4.78 is 4.92. The molecule has 11 aromatic rings. The molecule has 0 atom stereocenters. The lowest BCUT2D eigenvalue weighted by atomic mass is 9.94. The van der Waals surface area contributed by atoms with Gasteiger partial charge in [-0.25, -0.2) is 9.97 Å². The van der Waals surface area contributed by atoms with E-state index in [0.29, 0.717) is 5.95 Å². The van der Waals surface area contributed by atoms with E-state index in [-0.39, 0.29) is 0 Å². The third-order valence-corrected chi connectivity index (χ3v) is 11.1. The number of thiophene rings is 1. The zero-order valence-corrected chi connectivity index (χ0v) is 26.5. The van der Waals surface area contributed by atoms with Gasteiger partial charge in [-0.15, -0.1) is 11.3 Å². The lowest BCUT2D eigenvalue weighted by Crippen LogP contribution is -2.04. The molecular weight excluding hydrogens is 603 g/mol. The second kappa shape index (κ2) is 9.71. The maximum atomic E-state index is 5.57. The van der Waals surface area contributed by atoms with Crippen LogP contribution in [0.3, 0.4) is 0 Å². The minimum atomic E-state index is 0.678. The third-order valence-electron chi connectivity index (χ3n) is 9.96. The zero-order valence-electron chi connectivity index (χ0n) is 25.7. The Hall–Kier alpha value is -6.10. The Kier molecular flexibility index (Phi) is 5.26. The van der Waals surface area contributed by atoms with E-state index in [1.54, 1.807) is 0 Å². The van der Waals surface area contributed by atoms with Crippen LogP contribution in [0.15, 0.2) is 152 Å². The van der Waals surface area contributed by atoms with Crippen LogP contribution in [0, 0.1) is 0 Å². The van der Waals surface area contributed by atoms with Crippen LogP contribution in [0.4, 0.5) is 0 Å². The van der Waals surface area contributed by atoms with Gasteiger partial charge in [-0.05, 0) is 39.7 Å². The molecule has 0 aliphatic carbocycles. The van der Waals surface area contributed by atoms with Crippen molar-refractivity contribution in [1.82, 2.24) is 14.5 Å². The first kappa shape index (κ1) is 26.0. The van der Waals surface area contributed by atoms with Crippen molar-refractivity contribution >= 4 is 96.5 Å². The summed E-state index contributed by atoms with van der Waals surface area (Å²) >= 11 is 1.86. The fraction of sp³-hybridized carbons (Fsp3) is 0. The van der Waals surface area contributed by atoms with Crippen molar-refractivity contribution in [1.29, 1.82) is 0 Å². The molecule has 11 rings (SSSR count). The van der Waals surface area contributed by atoms with E-state index in [1.807, 2.05) is 11.3 Å². The summed E-state index contributed by atoms with van der Waals surface area (Å²) in [5.74, 6) is 0.678. The Labute approximate surface area is 278 Å². The fourth-order valence-corrected chi connectivity index (χ4v) is 8.99. The van der Waals surface area contributed by atoms with Gasteiger partial charge in [-0.3, -0.25) is 4.57 Å². The number of fused-ring (bicyclic) bond motifs is 14. The molecule has 0 amide bonds. The molecule has 222 valence electrons. The van der Waals surface area contributed by atoms with Gasteiger partial charge >= 0.3 is 0 Å². The molecule has 0 saturated carbocycles. The van der Waals surface area contributed by atoms with Crippen LogP contribution in [0.5, 0.6) is 0 Å². The molecule has 0 spiro atoms. The molecule has 0 N–H and O–H groups in total. The number of benzene rings is 8. The van der Waals surface area contributed by atoms with Crippen LogP contribution < -0.4 is 0 Å². The molecular formula is C44H25N3S. The first-order valence-electron chi connectivity index (χ1n) is 16.3. The smallest absolute Gasteiger partial charge is 0.235 e. The van der Waals surface area contributed by atoms with Gasteiger partial charge in [0.15, 0.2) is 0 Å². The van der Waals surface area contributed by atoms with Crippen LogP contribution in [-0.2, 0) is 0 Å². The molecule has 0 bridgehead atoms. The summed E-state index contributed by atoms with van der Waals surface area (Å²) in [4.78, 5) is 11.1. The quantitative estimate of drug-likeness (QED) is 0.179. The molecule has 0 saturated heterocycles. The lowest BCUT2D eigenvalue weighted by Gasteiger charge is -2.16. The summed E-state index contributed by atoms with van der Waals surface area (Å²) in [7, 11) is 0. The van der Waals surface area contributed by atoms with Gasteiger partial charge in [0, 0.05) is 52.7 Å². The van der Waals surface area contributed by atoms with Crippen LogP contribution >= 0.6 is 11.3 Å². The highest BCUT2D eigenvalue weighted by Crippen LogP contribution is 2.44. The van der Waals surface area contributed by atoms with Gasteiger partial charge in [0.1, 0.15) is 0 Å². The second-order valence-electron chi connectivity index (χ2n) is 12.5. The minimum Gasteiger partial charge on any atom is -0.277 e. The molecule has 3 heterocycles. The summed E-state index contributed by atoms with van der Waals surface area (Å²) in [5, 5.41) is 13.1. The maximum absolute atomic E-state index is 5.57. The molecule has 8 aromatic carbocycles. The van der Waals surface area contributed by atoms with Crippen LogP contribution in [0.25, 0.3) is 102 Å². The molecule has 0 unspecified atom stereocenters. The normalized spacial score (nSPS) is 12.2. The van der Waals surface area contributed by atoms with Gasteiger partial charge in [0.25, 0.3) is 0 Å². The predicted molar refractivity (Wildman–Crippen MR) is 205 cm³/mol. The molecule has 48 heavy (non-hydrogen) atoms. The fourth-order valence-electron chi connectivity index (χ4n) is 7.87. The third kappa shape index (κ3) is 3.52. The molecule has 0 fully saturated rings. The molecule has 0 aliphatic rings. The van der Waals surface area contributed by atoms with Crippen LogP contribution in [0.1, 0.15) is 0 Å². The van der Waals surface area contributed by atoms with Gasteiger partial charge in [0.05, 0.1) is 22.2 Å². The van der Waals surface area contributed by atoms with E-state index >= 15 is 0 Å². The number of hydrogen-bond acceptors (Lipinski definition) is 3. The Morgan fingerprint density at radius 1 is 0.438 bits per heavy atom. The van der Waals surface area contributed by atoms with Crippen molar-refractivity contribution in [3.8, 4) is 17.2 Å². The van der Waals surface area contributed by atoms with Gasteiger partial charge in [-0.2, -0.15) is 0 Å². The Bertz CT molecular complexity index is 3120. The molecule has 4 heteroatoms. The second-order valence-corrected chi connectivity index (χ2v) is 13.6. The maximum Gasteiger partial charge on any atom is 0.235 e. The van der Waals surface area contributed by atoms with Gasteiger partial charge < -0.3 is 0 Å². The zero-order chi connectivity index (χ0) is 31.3. The number of rotatable bonds is 2. The molecule has 3 nitrogen and oxygen atoms in total. The monoisotopic (exact) mass is 627 g/mol. The topological polar surface area (TPSA) is 30.7 Å². The van der Waals surface area contributed by atoms with Crippen molar-refractivity contribution in [2.24, 2.45) is 0 Å². The lowest BCUT2D eigenvalue weighted by molar-refractivity contribution is 1.02. The van der Waals surface area contributed by atoms with Gasteiger partial charge in [0.2, 0.25) is 5.95 Å². The van der Waals surface area contributed by atoms with E-state index in [9.17, 15) is 0 Å². The van der Waals surface area contributed by atoms with Crippen molar-refractivity contribution in [2.75, 3.05) is 0 Å². The number of hydrogen-bond donors (Lipinski definition) is 0. The number of aromatic nitrogens is 3. The molecule has 0 aliphatic heterocycles. The van der Waals surface area contributed by atoms with E-state index in [2.05, 4.69) is 156 Å². The van der Waals surface area contributed by atoms with E-state index in [0.717, 1.165) is 44.0 Å². The Balaban J connectivity index is 1.38. The summed E-state index contributed by atoms with van der Waals surface area (Å²) in [6.45, 7) is 0. The highest BCUT2D eigenvalue weighted by molar-refractivity contribution is 7.25. The van der Waals surface area contributed by atoms with Crippen molar-refractivity contribution in [3.63, 3.8) is 0 Å². The predicted octanol–water partition coefficient (Wildman–Crippen LogP) is 12.2. The van der Waals surface area contributed by atoms with E-state index in [4.69, 9.17) is 9.97 Å². The average molecular weight is 628 g/mol. The summed E-state index contributed by atoms with van der Waals surface area (Å²) in [6, 6.07) is 54.6. The van der Waals surface area contributed by atoms with Crippen molar-refractivity contribution in [2.45, 2.75) is 0 Å². The average Bonchev–Trinajstić information content (AvgIpc) is 3.69. The first-order chi connectivity index (χ1) is 23.8. The summed E-state index contributed by atoms with van der Waals surface area (Å²) in [6.07, 6.45) is 0.